The molecule has 4 nitrogen and oxygen atoms in total. The first kappa shape index (κ1) is 24.8. The molecular formula is C29H38N2O2. The van der Waals surface area contributed by atoms with Crippen LogP contribution in [0.2, 0.25) is 0 Å². The lowest BCUT2D eigenvalue weighted by Crippen LogP contribution is -2.44. The minimum absolute atomic E-state index is 0.0433. The summed E-state index contributed by atoms with van der Waals surface area (Å²) in [5.41, 5.74) is 3.20. The molecule has 0 saturated heterocycles. The van der Waals surface area contributed by atoms with Crippen molar-refractivity contribution >= 4 is 11.6 Å². The number of Topliss-reactive ketones (excluding diaryl/α,β-unsaturated/α-hetero) is 1. The molecule has 0 aliphatic carbocycles. The number of phenolic OH excluding ortho intramolecular Hbond substituents is 1. The van der Waals surface area contributed by atoms with Crippen LogP contribution in [0.3, 0.4) is 0 Å². The van der Waals surface area contributed by atoms with E-state index in [-0.39, 0.29) is 28.9 Å². The molecule has 0 amide bonds. The molecule has 1 aliphatic rings. The quantitative estimate of drug-likeness (QED) is 0.522. The highest BCUT2D eigenvalue weighted by molar-refractivity contribution is 6.05. The normalized spacial score (nSPS) is 16.2. The van der Waals surface area contributed by atoms with Crippen molar-refractivity contribution in [3.8, 4) is 5.75 Å². The van der Waals surface area contributed by atoms with Crippen LogP contribution in [0.1, 0.15) is 82.4 Å². The summed E-state index contributed by atoms with van der Waals surface area (Å²) in [5, 5.41) is 19.8. The first-order valence-corrected chi connectivity index (χ1v) is 11.6. The third-order valence-electron chi connectivity index (χ3n) is 6.38. The van der Waals surface area contributed by atoms with Crippen molar-refractivity contribution in [2.45, 2.75) is 78.2 Å². The van der Waals surface area contributed by atoms with E-state index in [0.717, 1.165) is 22.3 Å². The smallest absolute Gasteiger partial charge is 0.182 e. The van der Waals surface area contributed by atoms with E-state index in [0.29, 0.717) is 17.8 Å². The summed E-state index contributed by atoms with van der Waals surface area (Å²) in [6, 6.07) is 13.8. The summed E-state index contributed by atoms with van der Waals surface area (Å²) in [6.07, 6.45) is 2.78. The molecule has 4 heteroatoms. The van der Waals surface area contributed by atoms with Gasteiger partial charge in [0.25, 0.3) is 0 Å². The highest BCUT2D eigenvalue weighted by Gasteiger charge is 2.37. The summed E-state index contributed by atoms with van der Waals surface area (Å²) in [5.74, 6) is 0.633. The van der Waals surface area contributed by atoms with Crippen molar-refractivity contribution in [3.63, 3.8) is 0 Å². The maximum atomic E-state index is 13.5. The Balaban J connectivity index is 1.92. The van der Waals surface area contributed by atoms with Gasteiger partial charge in [-0.25, -0.2) is 0 Å². The molecule has 0 fully saturated rings. The number of amidine groups is 1. The Morgan fingerprint density at radius 2 is 1.48 bits per heavy atom. The molecule has 0 atom stereocenters. The zero-order chi connectivity index (χ0) is 24.8. The number of carbonyl (C=O) groups is 1. The van der Waals surface area contributed by atoms with Crippen LogP contribution in [0.5, 0.6) is 5.75 Å². The van der Waals surface area contributed by atoms with Crippen LogP contribution < -0.4 is 0 Å². The second-order valence-corrected chi connectivity index (χ2v) is 11.8. The topological polar surface area (TPSA) is 64.4 Å². The summed E-state index contributed by atoms with van der Waals surface area (Å²) in [7, 11) is 0. The van der Waals surface area contributed by atoms with Gasteiger partial charge in [0.05, 0.1) is 12.1 Å². The number of phenols is 1. The first-order valence-electron chi connectivity index (χ1n) is 11.6. The van der Waals surface area contributed by atoms with Crippen LogP contribution in [0.25, 0.3) is 0 Å². The molecule has 1 heterocycles. The highest BCUT2D eigenvalue weighted by atomic mass is 16.3. The van der Waals surface area contributed by atoms with Crippen molar-refractivity contribution < 1.29 is 9.90 Å². The SMILES string of the molecule is CC(C)(C)c1cc(C(=O)CN2C(=N)C(Cc3ccccc3)=CC2(C)C)cc(C(C)(C)C)c1O. The number of rotatable bonds is 5. The van der Waals surface area contributed by atoms with Gasteiger partial charge in [0.15, 0.2) is 5.78 Å². The molecule has 2 aromatic carbocycles. The molecule has 2 aromatic rings. The maximum Gasteiger partial charge on any atom is 0.182 e. The fourth-order valence-electron chi connectivity index (χ4n) is 4.44. The molecule has 2 N–H and O–H groups in total. The van der Waals surface area contributed by atoms with Crippen LogP contribution in [-0.2, 0) is 17.3 Å². The van der Waals surface area contributed by atoms with Gasteiger partial charge in [-0.3, -0.25) is 10.2 Å². The van der Waals surface area contributed by atoms with E-state index in [4.69, 9.17) is 5.41 Å². The average Bonchev–Trinajstić information content (AvgIpc) is 2.89. The Labute approximate surface area is 198 Å². The first-order chi connectivity index (χ1) is 15.1. The average molecular weight is 447 g/mol. The molecule has 0 aromatic heterocycles. The van der Waals surface area contributed by atoms with E-state index in [2.05, 4.69) is 18.2 Å². The Hall–Kier alpha value is -2.88. The largest absolute Gasteiger partial charge is 0.507 e. The predicted molar refractivity (Wildman–Crippen MR) is 137 cm³/mol. The number of aromatic hydroxyl groups is 1. The van der Waals surface area contributed by atoms with E-state index in [1.807, 2.05) is 90.6 Å². The molecule has 0 bridgehead atoms. The maximum absolute atomic E-state index is 13.5. The second kappa shape index (κ2) is 8.48. The zero-order valence-corrected chi connectivity index (χ0v) is 21.3. The Morgan fingerprint density at radius 1 is 0.970 bits per heavy atom. The number of hydrogen-bond acceptors (Lipinski definition) is 3. The third kappa shape index (κ3) is 5.21. The number of nitrogens with one attached hydrogen (secondary N) is 1. The van der Waals surface area contributed by atoms with Crippen molar-refractivity contribution in [3.05, 3.63) is 76.4 Å². The lowest BCUT2D eigenvalue weighted by molar-refractivity contribution is 0.0938. The molecule has 3 rings (SSSR count). The van der Waals surface area contributed by atoms with Gasteiger partial charge in [-0.2, -0.15) is 0 Å². The van der Waals surface area contributed by atoms with E-state index in [1.165, 1.54) is 0 Å². The van der Waals surface area contributed by atoms with Gasteiger partial charge < -0.3 is 10.0 Å². The predicted octanol–water partition coefficient (Wildman–Crippen LogP) is 6.41. The van der Waals surface area contributed by atoms with E-state index < -0.39 is 5.54 Å². The van der Waals surface area contributed by atoms with Crippen LogP contribution in [0.15, 0.2) is 54.1 Å². The summed E-state index contributed by atoms with van der Waals surface area (Å²) < 4.78 is 0. The minimum Gasteiger partial charge on any atom is -0.507 e. The standard InChI is InChI=1S/C29H38N2O2/c1-27(2,3)22-15-20(16-23(25(22)33)28(4,5)6)24(32)18-31-26(30)21(17-29(31,7)8)14-19-12-10-9-11-13-19/h9-13,15-17,30,33H,14,18H2,1-8H3. The minimum atomic E-state index is -0.423. The Morgan fingerprint density at radius 3 is 1.97 bits per heavy atom. The van der Waals surface area contributed by atoms with E-state index in [9.17, 15) is 9.90 Å². The summed E-state index contributed by atoms with van der Waals surface area (Å²) >= 11 is 0. The Bertz CT molecular complexity index is 1060. The molecular weight excluding hydrogens is 408 g/mol. The number of nitrogens with zero attached hydrogens (tertiary/aromatic N) is 1. The van der Waals surface area contributed by atoms with Crippen LogP contribution in [-0.4, -0.2) is 33.7 Å². The van der Waals surface area contributed by atoms with Crippen molar-refractivity contribution in [1.29, 1.82) is 5.41 Å². The van der Waals surface area contributed by atoms with E-state index >= 15 is 0 Å². The van der Waals surface area contributed by atoms with Crippen molar-refractivity contribution in [1.82, 2.24) is 4.90 Å². The monoisotopic (exact) mass is 446 g/mol. The third-order valence-corrected chi connectivity index (χ3v) is 6.38. The second-order valence-electron chi connectivity index (χ2n) is 11.8. The number of carbonyl (C=O) groups excluding carboxylic acids is 1. The number of hydrogen-bond donors (Lipinski definition) is 2. The lowest BCUT2D eigenvalue weighted by Gasteiger charge is -2.33. The fourth-order valence-corrected chi connectivity index (χ4v) is 4.44. The number of ketones is 1. The zero-order valence-electron chi connectivity index (χ0n) is 21.3. The van der Waals surface area contributed by atoms with Gasteiger partial charge in [0.2, 0.25) is 0 Å². The van der Waals surface area contributed by atoms with Gasteiger partial charge >= 0.3 is 0 Å². The number of benzene rings is 2. The molecule has 1 aliphatic heterocycles. The molecule has 0 radical (unpaired) electrons. The molecule has 176 valence electrons. The Kier molecular flexibility index (Phi) is 6.36. The van der Waals surface area contributed by atoms with Gasteiger partial charge in [0, 0.05) is 23.1 Å². The van der Waals surface area contributed by atoms with Crippen LogP contribution >= 0.6 is 0 Å². The van der Waals surface area contributed by atoms with Gasteiger partial charge in [-0.15, -0.1) is 0 Å². The van der Waals surface area contributed by atoms with Crippen molar-refractivity contribution in [2.24, 2.45) is 0 Å². The summed E-state index contributed by atoms with van der Waals surface area (Å²) in [4.78, 5) is 15.4. The molecule has 0 spiro atoms. The molecule has 33 heavy (non-hydrogen) atoms. The van der Waals surface area contributed by atoms with Crippen LogP contribution in [0, 0.1) is 5.41 Å². The van der Waals surface area contributed by atoms with Crippen molar-refractivity contribution in [2.75, 3.05) is 6.54 Å². The summed E-state index contributed by atoms with van der Waals surface area (Å²) in [6.45, 7) is 16.5. The molecule has 0 saturated carbocycles. The van der Waals surface area contributed by atoms with Gasteiger partial charge in [0.1, 0.15) is 11.6 Å². The van der Waals surface area contributed by atoms with Gasteiger partial charge in [-0.1, -0.05) is 78.0 Å². The molecule has 0 unspecified atom stereocenters. The van der Waals surface area contributed by atoms with E-state index in [1.54, 1.807) is 0 Å². The fraction of sp³-hybridized carbons (Fsp3) is 0.448. The highest BCUT2D eigenvalue weighted by Crippen LogP contribution is 2.40. The lowest BCUT2D eigenvalue weighted by atomic mass is 9.78. The van der Waals surface area contributed by atoms with Gasteiger partial charge in [-0.05, 0) is 47.9 Å². The van der Waals surface area contributed by atoms with Crippen LogP contribution in [0.4, 0.5) is 0 Å².